The number of nitrogens with zero attached hydrogens (tertiary/aromatic N) is 3. The number of fused-ring (bicyclic) bond motifs is 3. The molecule has 5 nitrogen and oxygen atoms in total. The fourth-order valence-electron chi connectivity index (χ4n) is 4.51. The molecule has 1 unspecified atom stereocenters. The molecule has 0 amide bonds. The highest BCUT2D eigenvalue weighted by molar-refractivity contribution is 7.18. The Balaban J connectivity index is 1.27. The van der Waals surface area contributed by atoms with Crippen LogP contribution >= 0.6 is 11.3 Å². The third-order valence-corrected chi connectivity index (χ3v) is 7.33. The van der Waals surface area contributed by atoms with Crippen molar-refractivity contribution in [3.05, 3.63) is 92.6 Å². The second-order valence-corrected chi connectivity index (χ2v) is 9.57. The lowest BCUT2D eigenvalue weighted by Gasteiger charge is -2.23. The fraction of sp³-hybridized carbons (Fsp3) is 0.320. The summed E-state index contributed by atoms with van der Waals surface area (Å²) in [7, 11) is 0. The van der Waals surface area contributed by atoms with Gasteiger partial charge < -0.3 is 5.32 Å². The highest BCUT2D eigenvalue weighted by atomic mass is 32.1. The molecule has 5 rings (SSSR count). The van der Waals surface area contributed by atoms with E-state index in [1.54, 1.807) is 34.6 Å². The van der Waals surface area contributed by atoms with Crippen LogP contribution in [0.4, 0.5) is 8.78 Å². The summed E-state index contributed by atoms with van der Waals surface area (Å²) in [5.74, 6) is -1.13. The van der Waals surface area contributed by atoms with Gasteiger partial charge in [0.1, 0.15) is 16.5 Å². The summed E-state index contributed by atoms with van der Waals surface area (Å²) >= 11 is 1.58. The third kappa shape index (κ3) is 4.86. The van der Waals surface area contributed by atoms with E-state index in [-0.39, 0.29) is 11.6 Å². The normalized spacial score (nSPS) is 15.6. The number of nitrogens with one attached hydrogen (secondary N) is 1. The molecule has 1 N–H and O–H groups in total. The van der Waals surface area contributed by atoms with Crippen LogP contribution in [0.25, 0.3) is 10.2 Å². The summed E-state index contributed by atoms with van der Waals surface area (Å²) in [5, 5.41) is 4.17. The molecule has 3 heterocycles. The number of pyridine rings is 1. The minimum absolute atomic E-state index is 0.0360. The zero-order valence-electron chi connectivity index (χ0n) is 18.1. The molecule has 33 heavy (non-hydrogen) atoms. The first-order valence-corrected chi connectivity index (χ1v) is 12.0. The van der Waals surface area contributed by atoms with Crippen LogP contribution in [0.3, 0.4) is 0 Å². The van der Waals surface area contributed by atoms with Crippen molar-refractivity contribution in [3.8, 4) is 0 Å². The Morgan fingerprint density at radius 2 is 1.91 bits per heavy atom. The van der Waals surface area contributed by atoms with Crippen LogP contribution in [-0.4, -0.2) is 20.6 Å². The molecule has 1 atom stereocenters. The van der Waals surface area contributed by atoms with Crippen molar-refractivity contribution in [2.75, 3.05) is 0 Å². The molecule has 8 heteroatoms. The lowest BCUT2D eigenvalue weighted by molar-refractivity contribution is 0.460. The average Bonchev–Trinajstić information content (AvgIpc) is 3.18. The van der Waals surface area contributed by atoms with Crippen LogP contribution in [0.1, 0.15) is 34.4 Å². The number of hydrogen-bond donors (Lipinski definition) is 1. The van der Waals surface area contributed by atoms with Gasteiger partial charge >= 0.3 is 0 Å². The lowest BCUT2D eigenvalue weighted by Crippen LogP contribution is -2.34. The van der Waals surface area contributed by atoms with E-state index in [9.17, 15) is 13.6 Å². The first-order chi connectivity index (χ1) is 16.1. The molecule has 0 saturated heterocycles. The molecule has 0 bridgehead atoms. The molecular formula is C25H24F2N4OS. The van der Waals surface area contributed by atoms with Gasteiger partial charge in [-0.1, -0.05) is 0 Å². The van der Waals surface area contributed by atoms with Crippen molar-refractivity contribution in [1.29, 1.82) is 0 Å². The SMILES string of the molecule is O=c1c2c3c(sc2ncn1CCCc1ccncc1)CC(NCc1cc(F)cc(F)c1)CC3. The summed E-state index contributed by atoms with van der Waals surface area (Å²) < 4.78 is 28.6. The van der Waals surface area contributed by atoms with E-state index in [0.29, 0.717) is 18.7 Å². The molecule has 1 aliphatic rings. The van der Waals surface area contributed by atoms with Crippen LogP contribution in [0.2, 0.25) is 0 Å². The van der Waals surface area contributed by atoms with E-state index in [1.165, 1.54) is 22.6 Å². The minimum Gasteiger partial charge on any atom is -0.310 e. The van der Waals surface area contributed by atoms with Crippen LogP contribution in [-0.2, 0) is 32.4 Å². The summed E-state index contributed by atoms with van der Waals surface area (Å²) in [4.78, 5) is 23.8. The first-order valence-electron chi connectivity index (χ1n) is 11.1. The van der Waals surface area contributed by atoms with Crippen LogP contribution in [0.5, 0.6) is 0 Å². The maximum absolute atomic E-state index is 13.4. The van der Waals surface area contributed by atoms with Gasteiger partial charge in [-0.3, -0.25) is 14.3 Å². The van der Waals surface area contributed by atoms with Crippen molar-refractivity contribution in [1.82, 2.24) is 19.9 Å². The van der Waals surface area contributed by atoms with Crippen LogP contribution in [0.15, 0.2) is 53.8 Å². The Bertz CT molecular complexity index is 1320. The van der Waals surface area contributed by atoms with Gasteiger partial charge in [0.15, 0.2) is 0 Å². The molecule has 1 aliphatic carbocycles. The maximum Gasteiger partial charge on any atom is 0.262 e. The van der Waals surface area contributed by atoms with Gasteiger partial charge in [0.2, 0.25) is 0 Å². The number of aryl methyl sites for hydroxylation is 3. The van der Waals surface area contributed by atoms with Crippen LogP contribution in [0, 0.1) is 11.6 Å². The van der Waals surface area contributed by atoms with E-state index in [2.05, 4.69) is 15.3 Å². The standard InChI is InChI=1S/C25H24F2N4OS/c26-18-10-17(11-19(27)12-18)14-29-20-3-4-21-22(13-20)33-24-23(21)25(32)31(15-30-24)9-1-2-16-5-7-28-8-6-16/h5-8,10-12,15,20,29H,1-4,9,13-14H2. The Morgan fingerprint density at radius 3 is 2.70 bits per heavy atom. The number of benzene rings is 1. The zero-order chi connectivity index (χ0) is 22.8. The Labute approximate surface area is 194 Å². The molecule has 0 aliphatic heterocycles. The summed E-state index contributed by atoms with van der Waals surface area (Å²) in [6.45, 7) is 1.03. The van der Waals surface area contributed by atoms with E-state index in [1.807, 2.05) is 12.1 Å². The number of halogens is 2. The monoisotopic (exact) mass is 466 g/mol. The lowest BCUT2D eigenvalue weighted by atomic mass is 9.93. The van der Waals surface area contributed by atoms with Gasteiger partial charge in [-0.05, 0) is 73.1 Å². The molecule has 0 saturated carbocycles. The zero-order valence-corrected chi connectivity index (χ0v) is 18.9. The summed E-state index contributed by atoms with van der Waals surface area (Å²) in [6, 6.07) is 7.77. The highest BCUT2D eigenvalue weighted by Crippen LogP contribution is 2.33. The molecule has 170 valence electrons. The number of aromatic nitrogens is 3. The Hall–Kier alpha value is -2.97. The summed E-state index contributed by atoms with van der Waals surface area (Å²) in [6.07, 6.45) is 9.42. The van der Waals surface area contributed by atoms with Gasteiger partial charge in [-0.15, -0.1) is 11.3 Å². The molecule has 0 fully saturated rings. The molecule has 1 aromatic carbocycles. The topological polar surface area (TPSA) is 59.8 Å². The Kier molecular flexibility index (Phi) is 6.28. The van der Waals surface area contributed by atoms with E-state index >= 15 is 0 Å². The molecule has 3 aromatic heterocycles. The third-order valence-electron chi connectivity index (χ3n) is 6.17. The largest absolute Gasteiger partial charge is 0.310 e. The second-order valence-electron chi connectivity index (χ2n) is 8.48. The summed E-state index contributed by atoms with van der Waals surface area (Å²) in [5.41, 5.74) is 2.95. The van der Waals surface area contributed by atoms with Gasteiger partial charge in [0.25, 0.3) is 5.56 Å². The van der Waals surface area contributed by atoms with Crippen LogP contribution < -0.4 is 10.9 Å². The quantitative estimate of drug-likeness (QED) is 0.438. The van der Waals surface area contributed by atoms with Gasteiger partial charge in [0.05, 0.1) is 11.7 Å². The van der Waals surface area contributed by atoms with Crippen molar-refractivity contribution >= 4 is 21.6 Å². The number of hydrogen-bond acceptors (Lipinski definition) is 5. The Morgan fingerprint density at radius 1 is 1.12 bits per heavy atom. The van der Waals surface area contributed by atoms with Crippen molar-refractivity contribution in [3.63, 3.8) is 0 Å². The maximum atomic E-state index is 13.4. The fourth-order valence-corrected chi connectivity index (χ4v) is 5.77. The highest BCUT2D eigenvalue weighted by Gasteiger charge is 2.25. The van der Waals surface area contributed by atoms with Crippen molar-refractivity contribution < 1.29 is 8.78 Å². The average molecular weight is 467 g/mol. The number of thiophene rings is 1. The van der Waals surface area contributed by atoms with E-state index in [0.717, 1.165) is 54.0 Å². The van der Waals surface area contributed by atoms with E-state index < -0.39 is 11.6 Å². The molecule has 0 spiro atoms. The second kappa shape index (κ2) is 9.49. The van der Waals surface area contributed by atoms with Gasteiger partial charge in [-0.25, -0.2) is 13.8 Å². The smallest absolute Gasteiger partial charge is 0.262 e. The molecule has 4 aromatic rings. The predicted octanol–water partition coefficient (Wildman–Crippen LogP) is 4.41. The van der Waals surface area contributed by atoms with Crippen molar-refractivity contribution in [2.45, 2.75) is 51.2 Å². The number of rotatable bonds is 7. The molecule has 0 radical (unpaired) electrons. The predicted molar refractivity (Wildman–Crippen MR) is 125 cm³/mol. The van der Waals surface area contributed by atoms with Crippen molar-refractivity contribution in [2.24, 2.45) is 0 Å². The molecular weight excluding hydrogens is 442 g/mol. The van der Waals surface area contributed by atoms with E-state index in [4.69, 9.17) is 0 Å². The van der Waals surface area contributed by atoms with Gasteiger partial charge in [0, 0.05) is 42.5 Å². The van der Waals surface area contributed by atoms with Gasteiger partial charge in [-0.2, -0.15) is 0 Å². The first kappa shape index (κ1) is 21.9. The minimum atomic E-state index is -0.564.